The van der Waals surface area contributed by atoms with Gasteiger partial charge in [0.05, 0.1) is 5.60 Å². The SMILES string of the molecule is OC1(CCc2cc(F)c(F)c(F)c2)CC1. The molecule has 1 fully saturated rings. The summed E-state index contributed by atoms with van der Waals surface area (Å²) in [7, 11) is 0. The smallest absolute Gasteiger partial charge is 0.194 e. The molecule has 1 saturated carbocycles. The predicted octanol–water partition coefficient (Wildman–Crippen LogP) is 2.56. The lowest BCUT2D eigenvalue weighted by molar-refractivity contribution is 0.140. The van der Waals surface area contributed by atoms with Crippen LogP contribution in [-0.2, 0) is 6.42 Å². The summed E-state index contributed by atoms with van der Waals surface area (Å²) in [5.41, 5.74) is -0.270. The van der Waals surface area contributed by atoms with Gasteiger partial charge in [0.15, 0.2) is 17.5 Å². The molecule has 1 aliphatic rings. The molecule has 0 saturated heterocycles. The lowest BCUT2D eigenvalue weighted by Gasteiger charge is -2.07. The minimum Gasteiger partial charge on any atom is -0.390 e. The van der Waals surface area contributed by atoms with E-state index in [-0.39, 0.29) is 0 Å². The molecule has 0 aromatic heterocycles. The van der Waals surface area contributed by atoms with E-state index in [0.717, 1.165) is 25.0 Å². The fourth-order valence-electron chi connectivity index (χ4n) is 1.52. The van der Waals surface area contributed by atoms with Gasteiger partial charge in [-0.05, 0) is 43.4 Å². The normalized spacial score (nSPS) is 17.9. The van der Waals surface area contributed by atoms with Crippen molar-refractivity contribution in [3.05, 3.63) is 35.1 Å². The first-order chi connectivity index (χ1) is 7.00. The largest absolute Gasteiger partial charge is 0.390 e. The molecular formula is C11H11F3O. The maximum absolute atomic E-state index is 12.8. The summed E-state index contributed by atoms with van der Waals surface area (Å²) in [6.45, 7) is 0. The van der Waals surface area contributed by atoms with Crippen LogP contribution in [0.2, 0.25) is 0 Å². The number of aryl methyl sites for hydroxylation is 1. The van der Waals surface area contributed by atoms with Gasteiger partial charge < -0.3 is 5.11 Å². The average Bonchev–Trinajstić information content (AvgIpc) is 2.90. The van der Waals surface area contributed by atoms with Gasteiger partial charge in [-0.1, -0.05) is 0 Å². The van der Waals surface area contributed by atoms with E-state index in [4.69, 9.17) is 0 Å². The molecule has 1 nitrogen and oxygen atoms in total. The Balaban J connectivity index is 2.08. The van der Waals surface area contributed by atoms with Gasteiger partial charge in [0.1, 0.15) is 0 Å². The molecule has 1 aromatic carbocycles. The predicted molar refractivity (Wildman–Crippen MR) is 48.8 cm³/mol. The highest BCUT2D eigenvalue weighted by Gasteiger charge is 2.39. The van der Waals surface area contributed by atoms with Crippen molar-refractivity contribution in [2.45, 2.75) is 31.3 Å². The Bertz CT molecular complexity index is 362. The average molecular weight is 216 g/mol. The highest BCUT2D eigenvalue weighted by atomic mass is 19.2. The van der Waals surface area contributed by atoms with Crippen molar-refractivity contribution >= 4 is 0 Å². The van der Waals surface area contributed by atoms with Gasteiger partial charge in [-0.3, -0.25) is 0 Å². The van der Waals surface area contributed by atoms with Crippen molar-refractivity contribution in [3.63, 3.8) is 0 Å². The van der Waals surface area contributed by atoms with Gasteiger partial charge in [-0.2, -0.15) is 0 Å². The Hall–Kier alpha value is -1.03. The van der Waals surface area contributed by atoms with Gasteiger partial charge in [-0.25, -0.2) is 13.2 Å². The highest BCUT2D eigenvalue weighted by molar-refractivity contribution is 5.20. The van der Waals surface area contributed by atoms with Crippen LogP contribution in [0, 0.1) is 17.5 Å². The summed E-state index contributed by atoms with van der Waals surface area (Å²) < 4.78 is 38.2. The number of aliphatic hydroxyl groups is 1. The molecule has 0 spiro atoms. The number of hydrogen-bond acceptors (Lipinski definition) is 1. The van der Waals surface area contributed by atoms with Crippen LogP contribution in [0.3, 0.4) is 0 Å². The van der Waals surface area contributed by atoms with Crippen molar-refractivity contribution in [1.82, 2.24) is 0 Å². The maximum atomic E-state index is 12.8. The highest BCUT2D eigenvalue weighted by Crippen LogP contribution is 2.39. The molecule has 0 bridgehead atoms. The molecule has 0 heterocycles. The standard InChI is InChI=1S/C11H11F3O/c12-8-5-7(6-9(13)10(8)14)1-2-11(15)3-4-11/h5-6,15H,1-4H2. The molecule has 0 amide bonds. The second-order valence-electron chi connectivity index (χ2n) is 4.10. The topological polar surface area (TPSA) is 20.2 Å². The molecule has 2 rings (SSSR count). The van der Waals surface area contributed by atoms with Crippen molar-refractivity contribution in [3.8, 4) is 0 Å². The van der Waals surface area contributed by atoms with Crippen LogP contribution in [0.15, 0.2) is 12.1 Å². The van der Waals surface area contributed by atoms with E-state index >= 15 is 0 Å². The molecule has 0 atom stereocenters. The molecule has 1 aromatic rings. The lowest BCUT2D eigenvalue weighted by Crippen LogP contribution is -2.08. The van der Waals surface area contributed by atoms with Crippen LogP contribution in [-0.4, -0.2) is 10.7 Å². The maximum Gasteiger partial charge on any atom is 0.194 e. The molecule has 1 aliphatic carbocycles. The van der Waals surface area contributed by atoms with E-state index in [9.17, 15) is 18.3 Å². The van der Waals surface area contributed by atoms with Crippen molar-refractivity contribution in [1.29, 1.82) is 0 Å². The molecule has 15 heavy (non-hydrogen) atoms. The zero-order valence-corrected chi connectivity index (χ0v) is 8.06. The Kier molecular flexibility index (Phi) is 2.46. The summed E-state index contributed by atoms with van der Waals surface area (Å²) in [4.78, 5) is 0. The second-order valence-corrected chi connectivity index (χ2v) is 4.10. The van der Waals surface area contributed by atoms with Crippen LogP contribution in [0.4, 0.5) is 13.2 Å². The number of halogens is 3. The quantitative estimate of drug-likeness (QED) is 0.770. The van der Waals surface area contributed by atoms with Crippen molar-refractivity contribution in [2.75, 3.05) is 0 Å². The minimum atomic E-state index is -1.44. The number of hydrogen-bond donors (Lipinski definition) is 1. The number of rotatable bonds is 3. The van der Waals surface area contributed by atoms with E-state index in [2.05, 4.69) is 0 Å². The van der Waals surface area contributed by atoms with Crippen molar-refractivity contribution in [2.24, 2.45) is 0 Å². The molecule has 1 N–H and O–H groups in total. The third kappa shape index (κ3) is 2.31. The second kappa shape index (κ2) is 3.52. The fraction of sp³-hybridized carbons (Fsp3) is 0.455. The van der Waals surface area contributed by atoms with Crippen LogP contribution in [0.5, 0.6) is 0 Å². The summed E-state index contributed by atoms with van der Waals surface area (Å²) in [5.74, 6) is -3.79. The monoisotopic (exact) mass is 216 g/mol. The van der Waals surface area contributed by atoms with E-state index in [1.54, 1.807) is 0 Å². The molecule has 0 aliphatic heterocycles. The van der Waals surface area contributed by atoms with Gasteiger partial charge >= 0.3 is 0 Å². The Morgan fingerprint density at radius 2 is 1.67 bits per heavy atom. The summed E-state index contributed by atoms with van der Waals surface area (Å²) in [6, 6.07) is 1.95. The Morgan fingerprint density at radius 1 is 1.13 bits per heavy atom. The summed E-state index contributed by atoms with van der Waals surface area (Å²) in [5, 5.41) is 9.52. The fourth-order valence-corrected chi connectivity index (χ4v) is 1.52. The summed E-state index contributed by atoms with van der Waals surface area (Å²) >= 11 is 0. The first-order valence-electron chi connectivity index (χ1n) is 4.86. The van der Waals surface area contributed by atoms with Gasteiger partial charge in [0, 0.05) is 0 Å². The van der Waals surface area contributed by atoms with Gasteiger partial charge in [-0.15, -0.1) is 0 Å². The van der Waals surface area contributed by atoms with E-state index in [0.29, 0.717) is 18.4 Å². The van der Waals surface area contributed by atoms with Crippen LogP contribution >= 0.6 is 0 Å². The molecule has 0 unspecified atom stereocenters. The Labute approximate surface area is 85.5 Å². The summed E-state index contributed by atoms with van der Waals surface area (Å²) in [6.07, 6.45) is 2.31. The van der Waals surface area contributed by atoms with Crippen LogP contribution in [0.25, 0.3) is 0 Å². The molecule has 82 valence electrons. The molecule has 4 heteroatoms. The van der Waals surface area contributed by atoms with Gasteiger partial charge in [0.25, 0.3) is 0 Å². The lowest BCUT2D eigenvalue weighted by atomic mass is 10.1. The van der Waals surface area contributed by atoms with Gasteiger partial charge in [0.2, 0.25) is 0 Å². The van der Waals surface area contributed by atoms with Crippen molar-refractivity contribution < 1.29 is 18.3 Å². The van der Waals surface area contributed by atoms with Crippen LogP contribution < -0.4 is 0 Å². The minimum absolute atomic E-state index is 0.366. The van der Waals surface area contributed by atoms with E-state index in [1.165, 1.54) is 0 Å². The number of benzene rings is 1. The zero-order valence-electron chi connectivity index (χ0n) is 8.06. The third-order valence-corrected chi connectivity index (χ3v) is 2.75. The van der Waals surface area contributed by atoms with E-state index < -0.39 is 23.1 Å². The van der Waals surface area contributed by atoms with E-state index in [1.807, 2.05) is 0 Å². The third-order valence-electron chi connectivity index (χ3n) is 2.75. The molecule has 0 radical (unpaired) electrons. The molecular weight excluding hydrogens is 205 g/mol. The zero-order chi connectivity index (χ0) is 11.1. The van der Waals surface area contributed by atoms with Crippen LogP contribution in [0.1, 0.15) is 24.8 Å². The first-order valence-corrected chi connectivity index (χ1v) is 4.86. The first kappa shape index (κ1) is 10.5. The Morgan fingerprint density at radius 3 is 2.13 bits per heavy atom.